The van der Waals surface area contributed by atoms with Crippen LogP contribution >= 0.6 is 0 Å². The monoisotopic (exact) mass is 790 g/mol. The van der Waals surface area contributed by atoms with Crippen molar-refractivity contribution >= 4 is 14.3 Å². The molecule has 302 valence electrons. The number of carbonyl (C=O) groups excluding carboxylic acids is 1. The van der Waals surface area contributed by atoms with Crippen LogP contribution in [0.3, 0.4) is 0 Å². The van der Waals surface area contributed by atoms with Gasteiger partial charge in [-0.25, -0.2) is 0 Å². The number of esters is 1. The maximum Gasteiger partial charge on any atom is 0.311 e. The van der Waals surface area contributed by atoms with Gasteiger partial charge in [-0.15, -0.1) is 0 Å². The SMILES string of the molecule is CC[Si](CC)(CC)O[C@@H]1C#C[C@@H]2O[C@]23C(=C[C@H](OCc2ccccc2)[C@H]3OCc2ccccc2)C#C[C@@]1(O)[C@H](CCc1ccc(OC)cc1)COC(=O)C(C)(C)C. The van der Waals surface area contributed by atoms with Crippen LogP contribution in [0, 0.1) is 35.0 Å². The third kappa shape index (κ3) is 9.58. The summed E-state index contributed by atoms with van der Waals surface area (Å²) in [6, 6.07) is 30.4. The molecule has 0 radical (unpaired) electrons. The van der Waals surface area contributed by atoms with Gasteiger partial charge < -0.3 is 33.2 Å². The summed E-state index contributed by atoms with van der Waals surface area (Å²) in [6.45, 7) is 12.6. The molecule has 8 nitrogen and oxygen atoms in total. The Labute approximate surface area is 340 Å². The Bertz CT molecular complexity index is 1960. The Morgan fingerprint density at radius 2 is 1.47 bits per heavy atom. The highest BCUT2D eigenvalue weighted by atomic mass is 28.4. The maximum absolute atomic E-state index is 13.3. The zero-order chi connectivity index (χ0) is 40.7. The maximum atomic E-state index is 13.3. The Hall–Kier alpha value is -4.19. The van der Waals surface area contributed by atoms with Gasteiger partial charge in [-0.2, -0.15) is 0 Å². The number of ether oxygens (including phenoxy) is 5. The Morgan fingerprint density at radius 3 is 2.05 bits per heavy atom. The van der Waals surface area contributed by atoms with Crippen LogP contribution in [0.4, 0.5) is 0 Å². The zero-order valence-corrected chi connectivity index (χ0v) is 35.5. The van der Waals surface area contributed by atoms with Crippen LogP contribution in [0.1, 0.15) is 64.7 Å². The van der Waals surface area contributed by atoms with E-state index in [0.29, 0.717) is 31.6 Å². The standard InChI is InChI=1S/C48H58O8Si/c1-8-57(9-2,10-3)56-42-27-28-43-48(55-43)38(31-41(52-32-36-17-13-11-14-18-36)44(48)53-33-37-19-15-12-16-20-37)29-30-47(42,50)39(34-54-45(49)46(4,5)6)24-21-35-22-25-40(51-7)26-23-35/h11-20,22-23,25-26,31,39,41-44,50H,8-10,21,24,32-34H2,1-7H3/t39-,41+,42-,43+,44-,47-,48-/m1/s1. The summed E-state index contributed by atoms with van der Waals surface area (Å²) >= 11 is 0. The number of rotatable bonds is 18. The number of aliphatic hydroxyl groups is 1. The molecule has 0 amide bonds. The summed E-state index contributed by atoms with van der Waals surface area (Å²) in [5.41, 5.74) is 0.215. The highest BCUT2D eigenvalue weighted by Crippen LogP contribution is 2.53. The van der Waals surface area contributed by atoms with Crippen molar-refractivity contribution in [3.8, 4) is 29.4 Å². The second-order valence-electron chi connectivity index (χ2n) is 16.4. The fraction of sp³-hybridized carbons (Fsp3) is 0.479. The minimum absolute atomic E-state index is 0.0619. The van der Waals surface area contributed by atoms with Crippen LogP contribution in [0.5, 0.6) is 5.75 Å². The van der Waals surface area contributed by atoms with Crippen molar-refractivity contribution in [2.24, 2.45) is 11.3 Å². The smallest absolute Gasteiger partial charge is 0.311 e. The molecule has 3 aromatic carbocycles. The fourth-order valence-electron chi connectivity index (χ4n) is 7.65. The first kappa shape index (κ1) is 42.4. The van der Waals surface area contributed by atoms with Gasteiger partial charge in [0.15, 0.2) is 25.6 Å². The van der Waals surface area contributed by atoms with Crippen molar-refractivity contribution in [2.75, 3.05) is 13.7 Å². The van der Waals surface area contributed by atoms with Crippen molar-refractivity contribution in [3.63, 3.8) is 0 Å². The minimum Gasteiger partial charge on any atom is -0.497 e. The molecule has 0 unspecified atom stereocenters. The van der Waals surface area contributed by atoms with E-state index in [1.165, 1.54) is 0 Å². The van der Waals surface area contributed by atoms with E-state index in [9.17, 15) is 9.90 Å². The third-order valence-electron chi connectivity index (χ3n) is 11.7. The molecule has 7 atom stereocenters. The molecule has 1 spiro atoms. The third-order valence-corrected chi connectivity index (χ3v) is 16.3. The lowest BCUT2D eigenvalue weighted by Crippen LogP contribution is -2.55. The quantitative estimate of drug-likeness (QED) is 0.0597. The molecule has 1 fully saturated rings. The molecule has 3 aromatic rings. The van der Waals surface area contributed by atoms with E-state index in [1.54, 1.807) is 7.11 Å². The molecule has 57 heavy (non-hydrogen) atoms. The number of benzene rings is 3. The van der Waals surface area contributed by atoms with Gasteiger partial charge in [-0.1, -0.05) is 117 Å². The van der Waals surface area contributed by atoms with Crippen LogP contribution in [0.25, 0.3) is 0 Å². The van der Waals surface area contributed by atoms with Crippen LogP contribution in [-0.4, -0.2) is 68.7 Å². The summed E-state index contributed by atoms with van der Waals surface area (Å²) < 4.78 is 38.4. The van der Waals surface area contributed by atoms with E-state index in [4.69, 9.17) is 28.1 Å². The van der Waals surface area contributed by atoms with Crippen LogP contribution in [0.2, 0.25) is 18.1 Å². The lowest BCUT2D eigenvalue weighted by molar-refractivity contribution is -0.158. The second-order valence-corrected chi connectivity index (χ2v) is 21.1. The van der Waals surface area contributed by atoms with E-state index in [1.807, 2.05) is 112 Å². The topological polar surface area (TPSA) is 96.0 Å². The molecule has 2 aliphatic carbocycles. The first-order valence-electron chi connectivity index (χ1n) is 20.4. The van der Waals surface area contributed by atoms with Gasteiger partial charge in [0.05, 0.1) is 32.3 Å². The van der Waals surface area contributed by atoms with Crippen LogP contribution in [0.15, 0.2) is 96.6 Å². The predicted octanol–water partition coefficient (Wildman–Crippen LogP) is 8.22. The average Bonchev–Trinajstić information content (AvgIpc) is 3.86. The molecule has 3 aliphatic rings. The Kier molecular flexibility index (Phi) is 13.5. The molecule has 9 heteroatoms. The Morgan fingerprint density at radius 1 is 0.860 bits per heavy atom. The Balaban J connectivity index is 1.42. The van der Waals surface area contributed by atoms with Crippen LogP contribution < -0.4 is 4.74 Å². The number of carbonyl (C=O) groups is 1. The molecule has 0 bridgehead atoms. The van der Waals surface area contributed by atoms with E-state index < -0.39 is 55.3 Å². The molecule has 0 saturated carbocycles. The van der Waals surface area contributed by atoms with Gasteiger partial charge in [0.1, 0.15) is 24.1 Å². The highest BCUT2D eigenvalue weighted by molar-refractivity contribution is 6.73. The summed E-state index contributed by atoms with van der Waals surface area (Å²) in [5.74, 6) is 13.3. The summed E-state index contributed by atoms with van der Waals surface area (Å²) in [5, 5.41) is 13.3. The van der Waals surface area contributed by atoms with Crippen molar-refractivity contribution < 1.29 is 38.0 Å². The predicted molar refractivity (Wildman–Crippen MR) is 224 cm³/mol. The molecule has 6 rings (SSSR count). The largest absolute Gasteiger partial charge is 0.497 e. The first-order chi connectivity index (χ1) is 27.4. The summed E-state index contributed by atoms with van der Waals surface area (Å²) in [4.78, 5) is 13.3. The van der Waals surface area contributed by atoms with Crippen molar-refractivity contribution in [3.05, 3.63) is 113 Å². The molecular formula is C48H58O8Si. The highest BCUT2D eigenvalue weighted by Gasteiger charge is 2.69. The van der Waals surface area contributed by atoms with Gasteiger partial charge in [-0.3, -0.25) is 4.79 Å². The van der Waals surface area contributed by atoms with Crippen molar-refractivity contribution in [1.29, 1.82) is 0 Å². The normalized spacial score (nSPS) is 25.4. The molecule has 1 saturated heterocycles. The lowest BCUT2D eigenvalue weighted by atomic mass is 9.79. The van der Waals surface area contributed by atoms with Gasteiger partial charge in [0.2, 0.25) is 0 Å². The number of methoxy groups -OCH3 is 1. The second kappa shape index (κ2) is 18.2. The van der Waals surface area contributed by atoms with Gasteiger partial charge >= 0.3 is 5.97 Å². The van der Waals surface area contributed by atoms with E-state index in [2.05, 4.69) is 44.5 Å². The zero-order valence-electron chi connectivity index (χ0n) is 34.5. The number of hydrogen-bond acceptors (Lipinski definition) is 8. The van der Waals surface area contributed by atoms with Gasteiger partial charge in [0, 0.05) is 11.5 Å². The van der Waals surface area contributed by atoms with Crippen LogP contribution in [-0.2, 0) is 47.8 Å². The van der Waals surface area contributed by atoms with E-state index >= 15 is 0 Å². The van der Waals surface area contributed by atoms with Gasteiger partial charge in [0.25, 0.3) is 0 Å². The first-order valence-corrected chi connectivity index (χ1v) is 22.9. The van der Waals surface area contributed by atoms with Gasteiger partial charge in [-0.05, 0) is 86.6 Å². The number of epoxide rings is 1. The van der Waals surface area contributed by atoms with E-state index in [0.717, 1.165) is 40.6 Å². The molecule has 1 N–H and O–H groups in total. The summed E-state index contributed by atoms with van der Waals surface area (Å²) in [7, 11) is -0.735. The van der Waals surface area contributed by atoms with Crippen molar-refractivity contribution in [1.82, 2.24) is 0 Å². The molecule has 1 aliphatic heterocycles. The molecule has 0 aromatic heterocycles. The number of aryl methyl sites for hydroxylation is 1. The number of hydrogen-bond donors (Lipinski definition) is 1. The summed E-state index contributed by atoms with van der Waals surface area (Å²) in [6.07, 6.45) is 0.422. The lowest BCUT2D eigenvalue weighted by Gasteiger charge is -2.41. The molecule has 1 heterocycles. The average molecular weight is 791 g/mol. The fourth-order valence-corrected chi connectivity index (χ4v) is 10.4. The van der Waals surface area contributed by atoms with Crippen molar-refractivity contribution in [2.45, 2.75) is 121 Å². The van der Waals surface area contributed by atoms with E-state index in [-0.39, 0.29) is 12.6 Å². The minimum atomic E-state index is -2.37. The molecular weight excluding hydrogens is 733 g/mol.